The van der Waals surface area contributed by atoms with E-state index in [4.69, 9.17) is 9.79 Å². The second-order valence-electron chi connectivity index (χ2n) is 3.68. The minimum atomic E-state index is -4.43. The lowest BCUT2D eigenvalue weighted by molar-refractivity contribution is -0.114. The van der Waals surface area contributed by atoms with Crippen molar-refractivity contribution in [3.05, 3.63) is 0 Å². The Morgan fingerprint density at radius 2 is 2.00 bits per heavy atom. The molecule has 78 valence electrons. The molecule has 5 nitrogen and oxygen atoms in total. The summed E-state index contributed by atoms with van der Waals surface area (Å²) in [4.78, 5) is 27.3. The first-order chi connectivity index (χ1) is 5.69. The molecule has 0 saturated carbocycles. The van der Waals surface area contributed by atoms with Gasteiger partial charge in [0.15, 0.2) is 0 Å². The lowest BCUT2D eigenvalue weighted by atomic mass is 9.82. The molecule has 0 aromatic carbocycles. The zero-order valence-corrected chi connectivity index (χ0v) is 8.82. The van der Waals surface area contributed by atoms with Crippen LogP contribution >= 0.6 is 7.82 Å². The van der Waals surface area contributed by atoms with Gasteiger partial charge >= 0.3 is 7.82 Å². The molecule has 0 radical (unpaired) electrons. The summed E-state index contributed by atoms with van der Waals surface area (Å²) in [6.45, 7) is 4.96. The third kappa shape index (κ3) is 5.16. The number of aldehydes is 1. The summed E-state index contributed by atoms with van der Waals surface area (Å²) >= 11 is 0. The van der Waals surface area contributed by atoms with Crippen molar-refractivity contribution in [2.24, 2.45) is 11.3 Å². The summed E-state index contributed by atoms with van der Waals surface area (Å²) in [5, 5.41) is 0. The molecule has 0 aliphatic heterocycles. The molecular formula is C7H15O5P. The van der Waals surface area contributed by atoms with Crippen LogP contribution in [0.2, 0.25) is 0 Å². The van der Waals surface area contributed by atoms with Crippen LogP contribution in [0.1, 0.15) is 20.8 Å². The van der Waals surface area contributed by atoms with Crippen molar-refractivity contribution >= 4 is 14.1 Å². The number of phosphoric ester groups is 1. The third-order valence-electron chi connectivity index (χ3n) is 2.04. The van der Waals surface area contributed by atoms with Crippen molar-refractivity contribution in [1.29, 1.82) is 0 Å². The Morgan fingerprint density at radius 1 is 1.54 bits per heavy atom. The van der Waals surface area contributed by atoms with Crippen molar-refractivity contribution < 1.29 is 23.7 Å². The summed E-state index contributed by atoms with van der Waals surface area (Å²) in [5.41, 5.74) is -0.567. The van der Waals surface area contributed by atoms with Crippen LogP contribution in [-0.4, -0.2) is 22.7 Å². The Bertz CT molecular complexity index is 219. The molecule has 0 aliphatic rings. The Morgan fingerprint density at radius 3 is 2.31 bits per heavy atom. The molecule has 6 heteroatoms. The first-order valence-corrected chi connectivity index (χ1v) is 5.37. The predicted molar refractivity (Wildman–Crippen MR) is 47.0 cm³/mol. The SMILES string of the molecule is CC(C=O)C(C)(C)COP(=O)(O)O. The summed E-state index contributed by atoms with van der Waals surface area (Å²) in [7, 11) is -4.43. The normalized spacial score (nSPS) is 15.5. The van der Waals surface area contributed by atoms with Crippen LogP contribution in [0.3, 0.4) is 0 Å². The summed E-state index contributed by atoms with van der Waals surface area (Å²) in [6.07, 6.45) is 0.739. The molecule has 0 aliphatic carbocycles. The lowest BCUT2D eigenvalue weighted by Gasteiger charge is -2.27. The number of rotatable bonds is 5. The molecule has 0 bridgehead atoms. The van der Waals surface area contributed by atoms with Gasteiger partial charge in [-0.05, 0) is 5.41 Å². The van der Waals surface area contributed by atoms with Crippen LogP contribution in [0, 0.1) is 11.3 Å². The fourth-order valence-electron chi connectivity index (χ4n) is 0.566. The van der Waals surface area contributed by atoms with E-state index in [0.717, 1.165) is 6.29 Å². The maximum Gasteiger partial charge on any atom is 0.469 e. The summed E-state index contributed by atoms with van der Waals surface area (Å²) in [6, 6.07) is 0. The fourth-order valence-corrected chi connectivity index (χ4v) is 1.07. The fraction of sp³-hybridized carbons (Fsp3) is 0.857. The second-order valence-corrected chi connectivity index (χ2v) is 4.92. The number of carbonyl (C=O) groups is 1. The van der Waals surface area contributed by atoms with E-state index in [1.807, 2.05) is 0 Å². The van der Waals surface area contributed by atoms with Crippen molar-refractivity contribution in [2.75, 3.05) is 6.61 Å². The van der Waals surface area contributed by atoms with Crippen LogP contribution in [-0.2, 0) is 13.9 Å². The van der Waals surface area contributed by atoms with Gasteiger partial charge in [0.2, 0.25) is 0 Å². The van der Waals surface area contributed by atoms with Gasteiger partial charge in [-0.25, -0.2) is 4.57 Å². The van der Waals surface area contributed by atoms with E-state index >= 15 is 0 Å². The minimum absolute atomic E-state index is 0.142. The quantitative estimate of drug-likeness (QED) is 0.521. The van der Waals surface area contributed by atoms with Crippen LogP contribution in [0.4, 0.5) is 0 Å². The largest absolute Gasteiger partial charge is 0.469 e. The van der Waals surface area contributed by atoms with E-state index < -0.39 is 13.2 Å². The maximum absolute atomic E-state index is 10.4. The van der Waals surface area contributed by atoms with Gasteiger partial charge in [-0.1, -0.05) is 20.8 Å². The van der Waals surface area contributed by atoms with E-state index in [1.165, 1.54) is 0 Å². The predicted octanol–water partition coefficient (Wildman–Crippen LogP) is 0.957. The highest BCUT2D eigenvalue weighted by Crippen LogP contribution is 2.39. The van der Waals surface area contributed by atoms with Gasteiger partial charge in [0.1, 0.15) is 6.29 Å². The maximum atomic E-state index is 10.4. The third-order valence-corrected chi connectivity index (χ3v) is 2.51. The Labute approximate surface area is 77.3 Å². The van der Waals surface area contributed by atoms with E-state index in [2.05, 4.69) is 4.52 Å². The molecule has 0 rings (SSSR count). The zero-order valence-electron chi connectivity index (χ0n) is 7.93. The smallest absolute Gasteiger partial charge is 0.303 e. The van der Waals surface area contributed by atoms with Crippen LogP contribution in [0.25, 0.3) is 0 Å². The van der Waals surface area contributed by atoms with Gasteiger partial charge in [0.25, 0.3) is 0 Å². The molecule has 0 aromatic heterocycles. The van der Waals surface area contributed by atoms with Gasteiger partial charge in [-0.15, -0.1) is 0 Å². The van der Waals surface area contributed by atoms with Crippen LogP contribution in [0.5, 0.6) is 0 Å². The van der Waals surface area contributed by atoms with Crippen molar-refractivity contribution in [3.8, 4) is 0 Å². The summed E-state index contributed by atoms with van der Waals surface area (Å²) < 4.78 is 14.7. The topological polar surface area (TPSA) is 83.8 Å². The van der Waals surface area contributed by atoms with Gasteiger partial charge < -0.3 is 14.6 Å². The van der Waals surface area contributed by atoms with Crippen molar-refractivity contribution in [2.45, 2.75) is 20.8 Å². The van der Waals surface area contributed by atoms with Crippen molar-refractivity contribution in [1.82, 2.24) is 0 Å². The molecule has 1 unspecified atom stereocenters. The first-order valence-electron chi connectivity index (χ1n) is 3.84. The molecule has 0 spiro atoms. The number of phosphoric acid groups is 1. The van der Waals surface area contributed by atoms with Crippen LogP contribution in [0.15, 0.2) is 0 Å². The van der Waals surface area contributed by atoms with E-state index in [9.17, 15) is 9.36 Å². The highest BCUT2D eigenvalue weighted by molar-refractivity contribution is 7.46. The summed E-state index contributed by atoms with van der Waals surface area (Å²) in [5.74, 6) is -0.306. The first kappa shape index (κ1) is 12.8. The highest BCUT2D eigenvalue weighted by Gasteiger charge is 2.29. The molecule has 0 aromatic rings. The molecule has 0 saturated heterocycles. The molecule has 0 fully saturated rings. The number of hydrogen-bond donors (Lipinski definition) is 2. The molecule has 13 heavy (non-hydrogen) atoms. The van der Waals surface area contributed by atoms with Gasteiger partial charge in [0, 0.05) is 5.92 Å². The molecule has 0 amide bonds. The average molecular weight is 210 g/mol. The standard InChI is InChI=1S/C7H15O5P/c1-6(4-8)7(2,3)5-12-13(9,10)11/h4,6H,5H2,1-3H3,(H2,9,10,11). The molecular weight excluding hydrogens is 195 g/mol. The van der Waals surface area contributed by atoms with E-state index in [1.54, 1.807) is 20.8 Å². The van der Waals surface area contributed by atoms with E-state index in [-0.39, 0.29) is 12.5 Å². The van der Waals surface area contributed by atoms with Gasteiger partial charge in [-0.2, -0.15) is 0 Å². The average Bonchev–Trinajstić information content (AvgIpc) is 1.98. The second kappa shape index (κ2) is 4.33. The Kier molecular flexibility index (Phi) is 4.26. The van der Waals surface area contributed by atoms with Gasteiger partial charge in [0.05, 0.1) is 6.61 Å². The van der Waals surface area contributed by atoms with Crippen molar-refractivity contribution in [3.63, 3.8) is 0 Å². The van der Waals surface area contributed by atoms with Crippen LogP contribution < -0.4 is 0 Å². The number of hydrogen-bond acceptors (Lipinski definition) is 3. The Hall–Kier alpha value is -0.220. The highest BCUT2D eigenvalue weighted by atomic mass is 31.2. The molecule has 1 atom stereocenters. The zero-order chi connectivity index (χ0) is 10.7. The number of carbonyl (C=O) groups excluding carboxylic acids is 1. The van der Waals surface area contributed by atoms with Gasteiger partial charge in [-0.3, -0.25) is 4.52 Å². The lowest BCUT2D eigenvalue weighted by Crippen LogP contribution is -2.27. The van der Waals surface area contributed by atoms with E-state index in [0.29, 0.717) is 0 Å². The molecule has 2 N–H and O–H groups in total. The monoisotopic (exact) mass is 210 g/mol. The Balaban J connectivity index is 4.18. The minimum Gasteiger partial charge on any atom is -0.303 e. The molecule has 0 heterocycles.